The van der Waals surface area contributed by atoms with Crippen molar-refractivity contribution in [2.45, 2.75) is 25.4 Å². The lowest BCUT2D eigenvalue weighted by atomic mass is 9.92. The van der Waals surface area contributed by atoms with Crippen LogP contribution in [0.4, 0.5) is 5.82 Å². The summed E-state index contributed by atoms with van der Waals surface area (Å²) in [7, 11) is 0. The minimum absolute atomic E-state index is 0.171. The quantitative estimate of drug-likeness (QED) is 0.868. The molecule has 1 unspecified atom stereocenters. The highest BCUT2D eigenvalue weighted by Crippen LogP contribution is 2.24. The molecule has 0 radical (unpaired) electrons. The molecule has 0 saturated carbocycles. The number of anilines is 1. The van der Waals surface area contributed by atoms with Crippen molar-refractivity contribution < 1.29 is 9.90 Å². The van der Waals surface area contributed by atoms with E-state index in [2.05, 4.69) is 20.3 Å². The van der Waals surface area contributed by atoms with E-state index in [4.69, 9.17) is 0 Å². The Kier molecular flexibility index (Phi) is 4.71. The van der Waals surface area contributed by atoms with Crippen LogP contribution in [-0.4, -0.2) is 51.2 Å². The fraction of sp³-hybridized carbons (Fsp3) is 0.412. The minimum Gasteiger partial charge on any atom is -0.386 e. The molecule has 0 bridgehead atoms. The lowest BCUT2D eigenvalue weighted by Gasteiger charge is -2.39. The first kappa shape index (κ1) is 16.3. The number of nitrogens with zero attached hydrogens (tertiary/aromatic N) is 4. The monoisotopic (exact) mass is 327 g/mol. The predicted octanol–water partition coefficient (Wildman–Crippen LogP) is 0.941. The van der Waals surface area contributed by atoms with Crippen LogP contribution in [0.2, 0.25) is 0 Å². The third-order valence-electron chi connectivity index (χ3n) is 4.12. The van der Waals surface area contributed by atoms with Crippen molar-refractivity contribution in [1.29, 1.82) is 0 Å². The SMILES string of the molecule is Cc1cnc(C(=O)NCC2(O)CCCN(c3ccccn3)C2)cn1. The number of carbonyl (C=O) groups excluding carboxylic acids is 1. The van der Waals surface area contributed by atoms with Gasteiger partial charge in [-0.3, -0.25) is 9.78 Å². The molecule has 126 valence electrons. The number of amides is 1. The smallest absolute Gasteiger partial charge is 0.271 e. The van der Waals surface area contributed by atoms with Gasteiger partial charge < -0.3 is 15.3 Å². The molecule has 2 aromatic heterocycles. The van der Waals surface area contributed by atoms with E-state index in [-0.39, 0.29) is 18.1 Å². The number of aliphatic hydroxyl groups is 1. The lowest BCUT2D eigenvalue weighted by Crippen LogP contribution is -2.54. The van der Waals surface area contributed by atoms with E-state index in [1.165, 1.54) is 6.20 Å². The zero-order valence-electron chi connectivity index (χ0n) is 13.6. The van der Waals surface area contributed by atoms with Crippen LogP contribution >= 0.6 is 0 Å². The molecule has 7 nitrogen and oxygen atoms in total. The average molecular weight is 327 g/mol. The molecule has 24 heavy (non-hydrogen) atoms. The van der Waals surface area contributed by atoms with E-state index >= 15 is 0 Å². The van der Waals surface area contributed by atoms with Crippen LogP contribution in [0.25, 0.3) is 0 Å². The largest absolute Gasteiger partial charge is 0.386 e. The molecular formula is C17H21N5O2. The van der Waals surface area contributed by atoms with Crippen LogP contribution < -0.4 is 10.2 Å². The Hall–Kier alpha value is -2.54. The van der Waals surface area contributed by atoms with E-state index in [1.54, 1.807) is 12.4 Å². The number of hydrogen-bond donors (Lipinski definition) is 2. The van der Waals surface area contributed by atoms with Gasteiger partial charge >= 0.3 is 0 Å². The van der Waals surface area contributed by atoms with Crippen molar-refractivity contribution in [1.82, 2.24) is 20.3 Å². The molecule has 2 aromatic rings. The number of piperidine rings is 1. The first-order valence-electron chi connectivity index (χ1n) is 8.01. The highest BCUT2D eigenvalue weighted by molar-refractivity contribution is 5.91. The average Bonchev–Trinajstić information content (AvgIpc) is 2.61. The first-order chi connectivity index (χ1) is 11.6. The summed E-state index contributed by atoms with van der Waals surface area (Å²) in [5.74, 6) is 0.511. The Morgan fingerprint density at radius 1 is 1.33 bits per heavy atom. The second-order valence-electron chi connectivity index (χ2n) is 6.16. The molecule has 0 aromatic carbocycles. The van der Waals surface area contributed by atoms with Gasteiger partial charge in [-0.15, -0.1) is 0 Å². The molecular weight excluding hydrogens is 306 g/mol. The van der Waals surface area contributed by atoms with Gasteiger partial charge in [-0.2, -0.15) is 0 Å². The van der Waals surface area contributed by atoms with Crippen LogP contribution in [0.3, 0.4) is 0 Å². The summed E-state index contributed by atoms with van der Waals surface area (Å²) < 4.78 is 0. The molecule has 2 N–H and O–H groups in total. The van der Waals surface area contributed by atoms with Gasteiger partial charge in [0.05, 0.1) is 17.5 Å². The molecule has 1 saturated heterocycles. The van der Waals surface area contributed by atoms with Crippen molar-refractivity contribution in [3.8, 4) is 0 Å². The minimum atomic E-state index is -0.983. The van der Waals surface area contributed by atoms with Gasteiger partial charge in [0.15, 0.2) is 0 Å². The van der Waals surface area contributed by atoms with E-state index in [9.17, 15) is 9.90 Å². The van der Waals surface area contributed by atoms with E-state index < -0.39 is 5.60 Å². The lowest BCUT2D eigenvalue weighted by molar-refractivity contribution is 0.0253. The fourth-order valence-corrected chi connectivity index (χ4v) is 2.84. The molecule has 1 fully saturated rings. The molecule has 1 atom stereocenters. The van der Waals surface area contributed by atoms with Gasteiger partial charge in [-0.25, -0.2) is 9.97 Å². The van der Waals surface area contributed by atoms with Crippen LogP contribution in [0.15, 0.2) is 36.8 Å². The summed E-state index contributed by atoms with van der Waals surface area (Å²) >= 11 is 0. The summed E-state index contributed by atoms with van der Waals surface area (Å²) in [6, 6.07) is 5.71. The van der Waals surface area contributed by atoms with Gasteiger partial charge in [0.25, 0.3) is 5.91 Å². The number of β-amino-alcohol motifs (C(OH)–C–C–N with tert-alkyl or cyclic N) is 1. The van der Waals surface area contributed by atoms with Gasteiger partial charge in [0.2, 0.25) is 0 Å². The number of hydrogen-bond acceptors (Lipinski definition) is 6. The Morgan fingerprint density at radius 2 is 2.21 bits per heavy atom. The normalized spacial score (nSPS) is 20.7. The maximum Gasteiger partial charge on any atom is 0.271 e. The van der Waals surface area contributed by atoms with Crippen LogP contribution in [-0.2, 0) is 0 Å². The maximum absolute atomic E-state index is 12.1. The molecule has 3 rings (SSSR count). The third kappa shape index (κ3) is 3.86. The Balaban J connectivity index is 1.61. The highest BCUT2D eigenvalue weighted by atomic mass is 16.3. The standard InChI is InChI=1S/C17H21N5O2/c1-13-9-20-14(10-19-13)16(23)21-11-17(24)6-4-8-22(12-17)15-5-2-3-7-18-15/h2-3,5,7,9-10,24H,4,6,8,11-12H2,1H3,(H,21,23). The number of pyridine rings is 1. The van der Waals surface area contributed by atoms with Crippen LogP contribution in [0.5, 0.6) is 0 Å². The molecule has 3 heterocycles. The van der Waals surface area contributed by atoms with E-state index in [0.717, 1.165) is 24.5 Å². The summed E-state index contributed by atoms with van der Waals surface area (Å²) in [6.07, 6.45) is 6.20. The summed E-state index contributed by atoms with van der Waals surface area (Å²) in [6.45, 7) is 3.26. The summed E-state index contributed by atoms with van der Waals surface area (Å²) in [5, 5.41) is 13.6. The molecule has 0 spiro atoms. The Morgan fingerprint density at radius 3 is 2.92 bits per heavy atom. The molecule has 0 aliphatic carbocycles. The second kappa shape index (κ2) is 6.92. The molecule has 1 aliphatic rings. The highest BCUT2D eigenvalue weighted by Gasteiger charge is 2.34. The van der Waals surface area contributed by atoms with Crippen molar-refractivity contribution in [2.24, 2.45) is 0 Å². The van der Waals surface area contributed by atoms with Crippen LogP contribution in [0, 0.1) is 6.92 Å². The van der Waals surface area contributed by atoms with Gasteiger partial charge in [0.1, 0.15) is 11.5 Å². The van der Waals surface area contributed by atoms with Gasteiger partial charge in [-0.05, 0) is 31.9 Å². The van der Waals surface area contributed by atoms with E-state index in [1.807, 2.05) is 30.0 Å². The zero-order valence-corrected chi connectivity index (χ0v) is 13.6. The van der Waals surface area contributed by atoms with Gasteiger partial charge in [-0.1, -0.05) is 6.07 Å². The predicted molar refractivity (Wildman–Crippen MR) is 89.7 cm³/mol. The van der Waals surface area contributed by atoms with Crippen molar-refractivity contribution in [3.63, 3.8) is 0 Å². The maximum atomic E-state index is 12.1. The Bertz CT molecular complexity index is 692. The summed E-state index contributed by atoms with van der Waals surface area (Å²) in [4.78, 5) is 26.6. The number of aromatic nitrogens is 3. The third-order valence-corrected chi connectivity index (χ3v) is 4.12. The number of nitrogens with one attached hydrogen (secondary N) is 1. The van der Waals surface area contributed by atoms with Crippen LogP contribution in [0.1, 0.15) is 29.0 Å². The number of aryl methyl sites for hydroxylation is 1. The van der Waals surface area contributed by atoms with Crippen molar-refractivity contribution in [3.05, 3.63) is 48.2 Å². The van der Waals surface area contributed by atoms with Crippen molar-refractivity contribution >= 4 is 11.7 Å². The summed E-state index contributed by atoms with van der Waals surface area (Å²) in [5.41, 5.74) is 0.0221. The molecule has 7 heteroatoms. The Labute approximate surface area is 140 Å². The van der Waals surface area contributed by atoms with Crippen molar-refractivity contribution in [2.75, 3.05) is 24.5 Å². The number of carbonyl (C=O) groups is 1. The first-order valence-corrected chi connectivity index (χ1v) is 8.01. The van der Waals surface area contributed by atoms with E-state index in [0.29, 0.717) is 13.0 Å². The van der Waals surface area contributed by atoms with Gasteiger partial charge in [0, 0.05) is 32.0 Å². The molecule has 1 amide bonds. The number of rotatable bonds is 4. The zero-order chi connectivity index (χ0) is 17.0. The topological polar surface area (TPSA) is 91.2 Å². The second-order valence-corrected chi connectivity index (χ2v) is 6.16. The molecule has 1 aliphatic heterocycles. The fourth-order valence-electron chi connectivity index (χ4n) is 2.84.